The van der Waals surface area contributed by atoms with Crippen LogP contribution in [0, 0.1) is 0 Å². The summed E-state index contributed by atoms with van der Waals surface area (Å²) in [5.41, 5.74) is 0. The number of allylic oxidation sites excluding steroid dienone is 1. The molecule has 13 heavy (non-hydrogen) atoms. The summed E-state index contributed by atoms with van der Waals surface area (Å²) < 4.78 is 3.19. The van der Waals surface area contributed by atoms with Crippen LogP contribution in [0.15, 0.2) is 12.7 Å². The average Bonchev–Trinajstić information content (AvgIpc) is 2.18. The van der Waals surface area contributed by atoms with E-state index in [1.807, 2.05) is 6.08 Å². The monoisotopic (exact) mass is 186 g/mol. The first-order valence-corrected chi connectivity index (χ1v) is 7.94. The predicted octanol–water partition coefficient (Wildman–Crippen LogP) is 3.89. The Kier molecular flexibility index (Phi) is 23.9. The molecule has 0 aromatic heterocycles. The van der Waals surface area contributed by atoms with Gasteiger partial charge in [0, 0.05) is 0 Å². The van der Waals surface area contributed by atoms with Crippen molar-refractivity contribution in [1.82, 2.24) is 0 Å². The third kappa shape index (κ3) is 24.6. The molecule has 0 heterocycles. The number of unbranched alkanes of at least 4 members (excludes halogenated alkanes) is 2. The molecular formula is C11H23LiMg. The van der Waals surface area contributed by atoms with E-state index < -0.39 is 0 Å². The molecule has 0 spiro atoms. The standard InChI is InChI=1S/2C4H9.C3H5.Li.Mg/c2*1-3-4-2;1-3-2;;/h2*1,3-4H2,2H3;3H,1-2H2;;. The first-order valence-electron chi connectivity index (χ1n) is 5.94. The second-order valence-corrected chi connectivity index (χ2v) is 5.59. The summed E-state index contributed by atoms with van der Waals surface area (Å²) in [6.45, 7) is 8.05. The fraction of sp³-hybridized carbons (Fsp3) is 0.818. The van der Waals surface area contributed by atoms with Gasteiger partial charge < -0.3 is 0 Å². The van der Waals surface area contributed by atoms with Crippen molar-refractivity contribution in [1.29, 1.82) is 0 Å². The Hall–Kier alpha value is 1.10. The van der Waals surface area contributed by atoms with E-state index in [0.717, 1.165) is 5.09 Å². The molecule has 0 amide bonds. The average molecular weight is 187 g/mol. The van der Waals surface area contributed by atoms with Crippen molar-refractivity contribution in [2.45, 2.75) is 53.7 Å². The SMILES string of the molecule is CCC[CH2][Mg][CH2]CCC.[Li][CH2]C=C. The van der Waals surface area contributed by atoms with Crippen LogP contribution in [0.3, 0.4) is 0 Å². The molecule has 0 atom stereocenters. The summed E-state index contributed by atoms with van der Waals surface area (Å²) in [4.78, 5) is 0. The van der Waals surface area contributed by atoms with E-state index in [-0.39, 0.29) is 0 Å². The Morgan fingerprint density at radius 3 is 1.77 bits per heavy atom. The van der Waals surface area contributed by atoms with Crippen molar-refractivity contribution in [2.75, 3.05) is 0 Å². The second-order valence-electron chi connectivity index (χ2n) is 3.46. The van der Waals surface area contributed by atoms with Gasteiger partial charge in [0.2, 0.25) is 0 Å². The molecule has 70 valence electrons. The van der Waals surface area contributed by atoms with E-state index in [1.54, 1.807) is 9.10 Å². The molecule has 0 aromatic carbocycles. The van der Waals surface area contributed by atoms with Gasteiger partial charge in [0.15, 0.2) is 0 Å². The predicted molar refractivity (Wildman–Crippen MR) is 65.9 cm³/mol. The van der Waals surface area contributed by atoms with Crippen LogP contribution in [0.4, 0.5) is 0 Å². The zero-order chi connectivity index (χ0) is 10.4. The zero-order valence-corrected chi connectivity index (χ0v) is 11.4. The molecule has 2 heteroatoms. The summed E-state index contributed by atoms with van der Waals surface area (Å²) in [5, 5.41) is 1.08. The summed E-state index contributed by atoms with van der Waals surface area (Å²) >= 11 is 2.45. The maximum atomic E-state index is 3.48. The maximum absolute atomic E-state index is 3.48. The minimum absolute atomic E-state index is 0.389. The summed E-state index contributed by atoms with van der Waals surface area (Å²) in [6, 6.07) is 0. The first kappa shape index (κ1) is 16.5. The summed E-state index contributed by atoms with van der Waals surface area (Å²) in [7, 11) is 0. The molecule has 0 aliphatic carbocycles. The van der Waals surface area contributed by atoms with Crippen LogP contribution < -0.4 is 0 Å². The molecule has 0 unspecified atom stereocenters. The van der Waals surface area contributed by atoms with E-state index in [0.29, 0.717) is 20.4 Å². The van der Waals surface area contributed by atoms with Gasteiger partial charge in [-0.15, -0.1) is 9.10 Å². The van der Waals surface area contributed by atoms with Crippen molar-refractivity contribution in [2.24, 2.45) is 0 Å². The van der Waals surface area contributed by atoms with Crippen molar-refractivity contribution in [3.63, 3.8) is 0 Å². The van der Waals surface area contributed by atoms with E-state index in [1.165, 1.54) is 25.7 Å². The minimum atomic E-state index is 0.389. The van der Waals surface area contributed by atoms with Crippen LogP contribution in [0.5, 0.6) is 0 Å². The van der Waals surface area contributed by atoms with Gasteiger partial charge in [-0.1, -0.05) is 39.5 Å². The molecule has 0 aliphatic rings. The van der Waals surface area contributed by atoms with Gasteiger partial charge in [0.25, 0.3) is 0 Å². The van der Waals surface area contributed by atoms with Gasteiger partial charge in [-0.25, -0.2) is 0 Å². The van der Waals surface area contributed by atoms with Gasteiger partial charge in [-0.3, -0.25) is 0 Å². The van der Waals surface area contributed by atoms with Crippen LogP contribution in [0.1, 0.15) is 39.5 Å². The molecular weight excluding hydrogens is 163 g/mol. The second kappa shape index (κ2) is 18.8. The topological polar surface area (TPSA) is 0 Å². The van der Waals surface area contributed by atoms with Crippen LogP contribution in [-0.2, 0) is 0 Å². The van der Waals surface area contributed by atoms with Gasteiger partial charge in [0.05, 0.1) is 0 Å². The molecule has 0 aromatic rings. The van der Waals surface area contributed by atoms with Crippen molar-refractivity contribution in [3.05, 3.63) is 12.7 Å². The third-order valence-corrected chi connectivity index (χ3v) is 4.00. The van der Waals surface area contributed by atoms with Crippen LogP contribution >= 0.6 is 0 Å². The van der Waals surface area contributed by atoms with Crippen molar-refractivity contribution >= 4 is 38.1 Å². The molecule has 0 rings (SSSR count). The number of hydrogen-bond donors (Lipinski definition) is 0. The van der Waals surface area contributed by atoms with Gasteiger partial charge >= 0.3 is 55.8 Å². The Bertz CT molecular complexity index is 78.2. The van der Waals surface area contributed by atoms with E-state index in [4.69, 9.17) is 0 Å². The van der Waals surface area contributed by atoms with Crippen molar-refractivity contribution in [3.8, 4) is 0 Å². The Morgan fingerprint density at radius 1 is 1.15 bits per heavy atom. The molecule has 0 radical (unpaired) electrons. The fourth-order valence-electron chi connectivity index (χ4n) is 1.03. The van der Waals surface area contributed by atoms with Crippen molar-refractivity contribution < 1.29 is 0 Å². The van der Waals surface area contributed by atoms with E-state index in [2.05, 4.69) is 38.1 Å². The van der Waals surface area contributed by atoms with Crippen LogP contribution in [-0.4, -0.2) is 38.1 Å². The first-order chi connectivity index (χ1) is 6.33. The molecule has 0 N–H and O–H groups in total. The van der Waals surface area contributed by atoms with Crippen LogP contribution in [0.2, 0.25) is 14.2 Å². The van der Waals surface area contributed by atoms with Crippen LogP contribution in [0.25, 0.3) is 0 Å². The fourth-order valence-corrected chi connectivity index (χ4v) is 3.09. The van der Waals surface area contributed by atoms with E-state index in [9.17, 15) is 0 Å². The molecule has 0 bridgehead atoms. The molecule has 0 saturated heterocycles. The Labute approximate surface area is 104 Å². The molecule has 0 nitrogen and oxygen atoms in total. The number of hydrogen-bond acceptors (Lipinski definition) is 0. The van der Waals surface area contributed by atoms with Gasteiger partial charge in [0.1, 0.15) is 0 Å². The zero-order valence-electron chi connectivity index (χ0n) is 9.94. The Morgan fingerprint density at radius 2 is 1.54 bits per heavy atom. The molecule has 0 aliphatic heterocycles. The normalized spacial score (nSPS) is 8.31. The van der Waals surface area contributed by atoms with E-state index >= 15 is 0 Å². The number of rotatable bonds is 7. The van der Waals surface area contributed by atoms with Gasteiger partial charge in [-0.05, 0) is 0 Å². The Balaban J connectivity index is 0. The molecule has 0 fully saturated rings. The van der Waals surface area contributed by atoms with Gasteiger partial charge in [-0.2, -0.15) is 0 Å². The molecule has 0 saturated carbocycles. The summed E-state index contributed by atoms with van der Waals surface area (Å²) in [6.07, 6.45) is 7.67. The summed E-state index contributed by atoms with van der Waals surface area (Å²) in [5.74, 6) is 0. The quantitative estimate of drug-likeness (QED) is 0.322. The third-order valence-electron chi connectivity index (χ3n) is 2.00.